The van der Waals surface area contributed by atoms with Crippen LogP contribution in [0.3, 0.4) is 0 Å². The Hall–Kier alpha value is -3.94. The number of carbonyl (C=O) groups is 2. The van der Waals surface area contributed by atoms with Gasteiger partial charge in [-0.1, -0.05) is 0 Å². The van der Waals surface area contributed by atoms with E-state index >= 15 is 0 Å². The maximum atomic E-state index is 13.9. The topological polar surface area (TPSA) is 80.0 Å². The molecule has 0 bridgehead atoms. The van der Waals surface area contributed by atoms with Crippen molar-refractivity contribution in [1.82, 2.24) is 0 Å². The zero-order valence-corrected chi connectivity index (χ0v) is 16.6. The molecule has 2 heterocycles. The lowest BCUT2D eigenvalue weighted by Gasteiger charge is -2.23. The van der Waals surface area contributed by atoms with Gasteiger partial charge in [0.2, 0.25) is 0 Å². The number of aliphatic hydroxyl groups is 1. The Labute approximate surface area is 176 Å². The Morgan fingerprint density at radius 2 is 1.74 bits per heavy atom. The fourth-order valence-electron chi connectivity index (χ4n) is 3.51. The number of rotatable bonds is 4. The first-order valence-electron chi connectivity index (χ1n) is 9.28. The van der Waals surface area contributed by atoms with Crippen molar-refractivity contribution in [2.75, 3.05) is 12.0 Å². The molecule has 1 aliphatic rings. The first kappa shape index (κ1) is 20.3. The maximum Gasteiger partial charge on any atom is 0.300 e. The summed E-state index contributed by atoms with van der Waals surface area (Å²) in [5.41, 5.74) is 0.000415. The molecule has 0 radical (unpaired) electrons. The van der Waals surface area contributed by atoms with Gasteiger partial charge in [0.1, 0.15) is 29.1 Å². The average Bonchev–Trinajstić information content (AvgIpc) is 3.31. The first-order valence-corrected chi connectivity index (χ1v) is 9.28. The molecule has 1 fully saturated rings. The molecular formula is C23H17F2NO5. The maximum absolute atomic E-state index is 13.9. The second-order valence-electron chi connectivity index (χ2n) is 6.94. The zero-order valence-electron chi connectivity index (χ0n) is 16.6. The molecule has 8 heteroatoms. The van der Waals surface area contributed by atoms with Crippen molar-refractivity contribution in [2.45, 2.75) is 13.0 Å². The number of furan rings is 1. The van der Waals surface area contributed by atoms with Crippen molar-refractivity contribution in [2.24, 2.45) is 0 Å². The number of ether oxygens (including phenoxy) is 1. The predicted molar refractivity (Wildman–Crippen MR) is 108 cm³/mol. The van der Waals surface area contributed by atoms with E-state index in [2.05, 4.69) is 0 Å². The fraction of sp³-hybridized carbons (Fsp3) is 0.130. The van der Waals surface area contributed by atoms with Crippen molar-refractivity contribution in [3.63, 3.8) is 0 Å². The molecule has 3 aromatic rings. The molecule has 1 N–H and O–H groups in total. The van der Waals surface area contributed by atoms with Gasteiger partial charge < -0.3 is 14.3 Å². The minimum Gasteiger partial charge on any atom is -0.507 e. The minimum atomic E-state index is -1.18. The highest BCUT2D eigenvalue weighted by Crippen LogP contribution is 2.43. The van der Waals surface area contributed by atoms with Gasteiger partial charge in [-0.3, -0.25) is 14.5 Å². The first-order chi connectivity index (χ1) is 14.8. The van der Waals surface area contributed by atoms with E-state index in [9.17, 15) is 23.5 Å². The molecule has 2 aromatic carbocycles. The van der Waals surface area contributed by atoms with E-state index in [-0.39, 0.29) is 22.6 Å². The second kappa shape index (κ2) is 7.71. The van der Waals surface area contributed by atoms with Gasteiger partial charge in [0, 0.05) is 17.3 Å². The highest BCUT2D eigenvalue weighted by atomic mass is 19.2. The molecule has 0 aliphatic carbocycles. The third-order valence-corrected chi connectivity index (χ3v) is 5.02. The third-order valence-electron chi connectivity index (χ3n) is 5.02. The van der Waals surface area contributed by atoms with E-state index < -0.39 is 35.1 Å². The van der Waals surface area contributed by atoms with Crippen molar-refractivity contribution >= 4 is 23.1 Å². The molecule has 4 rings (SSSR count). The predicted octanol–water partition coefficient (Wildman–Crippen LogP) is 4.50. The number of carbonyl (C=O) groups excluding carboxylic acids is 2. The van der Waals surface area contributed by atoms with Crippen LogP contribution >= 0.6 is 0 Å². The normalized spacial score (nSPS) is 17.9. The molecule has 1 aliphatic heterocycles. The van der Waals surface area contributed by atoms with E-state index in [1.54, 1.807) is 31.2 Å². The molecule has 158 valence electrons. The van der Waals surface area contributed by atoms with Crippen LogP contribution in [0.4, 0.5) is 14.5 Å². The standard InChI is InChI=1S/C23H17F2NO5/c1-12-3-10-18(31-12)20-19(21(27)13-4-7-15(30-2)8-5-13)22(28)23(29)26(20)14-6-9-16(24)17(25)11-14/h3-11,20,27H,1-2H3/b21-19-. The number of benzene rings is 2. The number of aryl methyl sites for hydroxylation is 1. The summed E-state index contributed by atoms with van der Waals surface area (Å²) in [6, 6.07) is 11.1. The van der Waals surface area contributed by atoms with Gasteiger partial charge >= 0.3 is 0 Å². The summed E-state index contributed by atoms with van der Waals surface area (Å²) in [5.74, 6) is -3.43. The molecule has 6 nitrogen and oxygen atoms in total. The number of hydrogen-bond acceptors (Lipinski definition) is 5. The lowest BCUT2D eigenvalue weighted by molar-refractivity contribution is -0.132. The quantitative estimate of drug-likeness (QED) is 0.378. The summed E-state index contributed by atoms with van der Waals surface area (Å²) in [4.78, 5) is 26.8. The number of anilines is 1. The van der Waals surface area contributed by atoms with Crippen LogP contribution in [-0.2, 0) is 9.59 Å². The summed E-state index contributed by atoms with van der Waals surface area (Å²) >= 11 is 0. The monoisotopic (exact) mass is 425 g/mol. The second-order valence-corrected chi connectivity index (χ2v) is 6.94. The van der Waals surface area contributed by atoms with Crippen molar-refractivity contribution in [1.29, 1.82) is 0 Å². The molecule has 1 amide bonds. The van der Waals surface area contributed by atoms with Gasteiger partial charge in [-0.2, -0.15) is 0 Å². The van der Waals surface area contributed by atoms with Crippen LogP contribution in [0.1, 0.15) is 23.1 Å². The summed E-state index contributed by atoms with van der Waals surface area (Å²) in [7, 11) is 1.49. The Kier molecular flexibility index (Phi) is 5.06. The van der Waals surface area contributed by atoms with Crippen LogP contribution in [0, 0.1) is 18.6 Å². The van der Waals surface area contributed by atoms with Crippen LogP contribution < -0.4 is 9.64 Å². The molecule has 1 unspecified atom stereocenters. The molecule has 0 saturated carbocycles. The number of hydrogen-bond donors (Lipinski definition) is 1. The van der Waals surface area contributed by atoms with Gasteiger partial charge in [0.15, 0.2) is 11.6 Å². The molecule has 1 saturated heterocycles. The van der Waals surface area contributed by atoms with Gasteiger partial charge in [0.25, 0.3) is 11.7 Å². The van der Waals surface area contributed by atoms with E-state index in [1.165, 1.54) is 25.3 Å². The Balaban J connectivity index is 1.91. The summed E-state index contributed by atoms with van der Waals surface area (Å²) in [6.45, 7) is 1.68. The number of methoxy groups -OCH3 is 1. The van der Waals surface area contributed by atoms with Crippen molar-refractivity contribution in [3.05, 3.63) is 88.9 Å². The summed E-state index contributed by atoms with van der Waals surface area (Å²) in [5, 5.41) is 10.9. The molecule has 1 atom stereocenters. The molecule has 31 heavy (non-hydrogen) atoms. The lowest BCUT2D eigenvalue weighted by Crippen LogP contribution is -2.29. The van der Waals surface area contributed by atoms with Gasteiger partial charge in [-0.05, 0) is 55.5 Å². The summed E-state index contributed by atoms with van der Waals surface area (Å²) in [6.07, 6.45) is 0. The number of ketones is 1. The molecule has 0 spiro atoms. The number of halogens is 2. The lowest BCUT2D eigenvalue weighted by atomic mass is 9.99. The number of Topliss-reactive ketones (excluding diaryl/α,β-unsaturated/α-hetero) is 1. The Morgan fingerprint density at radius 3 is 2.32 bits per heavy atom. The Morgan fingerprint density at radius 1 is 1.03 bits per heavy atom. The highest BCUT2D eigenvalue weighted by molar-refractivity contribution is 6.51. The minimum absolute atomic E-state index is 0.0474. The van der Waals surface area contributed by atoms with Gasteiger partial charge in [-0.15, -0.1) is 0 Å². The molecular weight excluding hydrogens is 408 g/mol. The van der Waals surface area contributed by atoms with Gasteiger partial charge in [-0.25, -0.2) is 8.78 Å². The SMILES string of the molecule is COc1ccc(/C(O)=C2/C(=O)C(=O)N(c3ccc(F)c(F)c3)C2c2ccc(C)o2)cc1. The zero-order chi connectivity index (χ0) is 22.3. The van der Waals surface area contributed by atoms with Crippen LogP contribution in [0.15, 0.2) is 64.6 Å². The van der Waals surface area contributed by atoms with Crippen molar-refractivity contribution < 1.29 is 32.6 Å². The summed E-state index contributed by atoms with van der Waals surface area (Å²) < 4.78 is 38.1. The Bertz CT molecular complexity index is 1210. The average molecular weight is 425 g/mol. The van der Waals surface area contributed by atoms with Gasteiger partial charge in [0.05, 0.1) is 12.7 Å². The number of amides is 1. The number of aliphatic hydroxyl groups excluding tert-OH is 1. The smallest absolute Gasteiger partial charge is 0.300 e. The van der Waals surface area contributed by atoms with Crippen molar-refractivity contribution in [3.8, 4) is 5.75 Å². The largest absolute Gasteiger partial charge is 0.507 e. The van der Waals surface area contributed by atoms with Crippen LogP contribution in [0.5, 0.6) is 5.75 Å². The van der Waals surface area contributed by atoms with Crippen LogP contribution in [0.2, 0.25) is 0 Å². The fourth-order valence-corrected chi connectivity index (χ4v) is 3.51. The third kappa shape index (κ3) is 3.46. The number of nitrogens with zero attached hydrogens (tertiary/aromatic N) is 1. The van der Waals surface area contributed by atoms with E-state index in [1.807, 2.05) is 0 Å². The highest BCUT2D eigenvalue weighted by Gasteiger charge is 2.48. The van der Waals surface area contributed by atoms with E-state index in [0.717, 1.165) is 17.0 Å². The van der Waals surface area contributed by atoms with Crippen LogP contribution in [0.25, 0.3) is 5.76 Å². The van der Waals surface area contributed by atoms with E-state index in [0.29, 0.717) is 11.5 Å². The van der Waals surface area contributed by atoms with Crippen LogP contribution in [-0.4, -0.2) is 23.9 Å². The molecule has 1 aromatic heterocycles. The van der Waals surface area contributed by atoms with E-state index in [4.69, 9.17) is 9.15 Å².